The first-order valence-corrected chi connectivity index (χ1v) is 9.08. The van der Waals surface area contributed by atoms with Crippen LogP contribution >= 0.6 is 0 Å². The molecule has 2 heterocycles. The molecule has 2 aliphatic heterocycles. The van der Waals surface area contributed by atoms with Crippen molar-refractivity contribution in [1.29, 1.82) is 5.26 Å². The third-order valence-corrected chi connectivity index (χ3v) is 5.66. The molecule has 25 heavy (non-hydrogen) atoms. The smallest absolute Gasteiger partial charge is 0.226 e. The zero-order valence-electron chi connectivity index (χ0n) is 15.2. The highest BCUT2D eigenvalue weighted by molar-refractivity contribution is 5.79. The molecule has 3 rings (SSSR count). The number of amides is 1. The first kappa shape index (κ1) is 17.9. The van der Waals surface area contributed by atoms with E-state index in [0.29, 0.717) is 18.0 Å². The van der Waals surface area contributed by atoms with Gasteiger partial charge in [-0.1, -0.05) is 12.1 Å². The van der Waals surface area contributed by atoms with Gasteiger partial charge in [0.1, 0.15) is 0 Å². The van der Waals surface area contributed by atoms with Crippen molar-refractivity contribution in [3.8, 4) is 6.07 Å². The second-order valence-electron chi connectivity index (χ2n) is 7.51. The summed E-state index contributed by atoms with van der Waals surface area (Å²) in [7, 11) is 4.28. The summed E-state index contributed by atoms with van der Waals surface area (Å²) in [5.41, 5.74) is 1.55. The molecule has 1 aromatic rings. The number of nitriles is 1. The van der Waals surface area contributed by atoms with Gasteiger partial charge in [-0.3, -0.25) is 4.79 Å². The molecule has 2 saturated heterocycles. The van der Waals surface area contributed by atoms with Gasteiger partial charge in [0, 0.05) is 25.7 Å². The Bertz CT molecular complexity index is 640. The zero-order valence-corrected chi connectivity index (χ0v) is 15.2. The normalized spacial score (nSPS) is 22.8. The molecule has 5 nitrogen and oxygen atoms in total. The fraction of sp³-hybridized carbons (Fsp3) is 0.600. The first-order chi connectivity index (χ1) is 12.0. The Kier molecular flexibility index (Phi) is 5.41. The molecule has 1 amide bonds. The highest BCUT2D eigenvalue weighted by atomic mass is 16.5. The van der Waals surface area contributed by atoms with Gasteiger partial charge in [0.25, 0.3) is 0 Å². The van der Waals surface area contributed by atoms with Crippen molar-refractivity contribution < 1.29 is 9.53 Å². The van der Waals surface area contributed by atoms with Crippen molar-refractivity contribution in [3.05, 3.63) is 35.4 Å². The third-order valence-electron chi connectivity index (χ3n) is 5.66. The fourth-order valence-corrected chi connectivity index (χ4v) is 3.94. The van der Waals surface area contributed by atoms with Gasteiger partial charge in [0.15, 0.2) is 0 Å². The number of hydrogen-bond acceptors (Lipinski definition) is 4. The van der Waals surface area contributed by atoms with Gasteiger partial charge in [-0.05, 0) is 57.5 Å². The second-order valence-corrected chi connectivity index (χ2v) is 7.51. The van der Waals surface area contributed by atoms with Gasteiger partial charge >= 0.3 is 0 Å². The van der Waals surface area contributed by atoms with Crippen molar-refractivity contribution in [2.45, 2.75) is 43.7 Å². The van der Waals surface area contributed by atoms with Gasteiger partial charge in [0.05, 0.1) is 23.7 Å². The number of benzene rings is 1. The monoisotopic (exact) mass is 341 g/mol. The maximum Gasteiger partial charge on any atom is 0.226 e. The molecule has 0 saturated carbocycles. The van der Waals surface area contributed by atoms with Crippen LogP contribution < -0.4 is 0 Å². The second kappa shape index (κ2) is 7.55. The molecular weight excluding hydrogens is 314 g/mol. The average Bonchev–Trinajstić information content (AvgIpc) is 2.63. The standard InChI is InChI=1S/C20H27N3O2/c1-22(2)18-7-12-25-20(14-18)8-10-23(11-9-20)19(24)13-16-3-5-17(15-21)6-4-16/h3-6,18H,7-14H2,1-2H3. The Labute approximate surface area is 150 Å². The highest BCUT2D eigenvalue weighted by Crippen LogP contribution is 2.36. The Hall–Kier alpha value is -1.90. The molecule has 1 unspecified atom stereocenters. The third kappa shape index (κ3) is 4.20. The largest absolute Gasteiger partial charge is 0.375 e. The van der Waals surface area contributed by atoms with Gasteiger partial charge in [0.2, 0.25) is 5.91 Å². The topological polar surface area (TPSA) is 56.6 Å². The molecule has 0 aliphatic carbocycles. The Morgan fingerprint density at radius 2 is 2.00 bits per heavy atom. The van der Waals surface area contributed by atoms with E-state index in [1.54, 1.807) is 12.1 Å². The predicted octanol–water partition coefficient (Wildman–Crippen LogP) is 2.20. The van der Waals surface area contributed by atoms with E-state index in [9.17, 15) is 4.79 Å². The zero-order chi connectivity index (χ0) is 17.9. The van der Waals surface area contributed by atoms with Crippen molar-refractivity contribution in [3.63, 3.8) is 0 Å². The van der Waals surface area contributed by atoms with Crippen LogP contribution in [0.2, 0.25) is 0 Å². The summed E-state index contributed by atoms with van der Waals surface area (Å²) in [5.74, 6) is 0.166. The molecule has 1 aromatic carbocycles. The van der Waals surface area contributed by atoms with E-state index in [1.165, 1.54) is 0 Å². The van der Waals surface area contributed by atoms with Crippen molar-refractivity contribution in [1.82, 2.24) is 9.80 Å². The van der Waals surface area contributed by atoms with Gasteiger partial charge in [-0.25, -0.2) is 0 Å². The van der Waals surface area contributed by atoms with Crippen molar-refractivity contribution in [2.24, 2.45) is 0 Å². The van der Waals surface area contributed by atoms with Crippen LogP contribution in [0.15, 0.2) is 24.3 Å². The van der Waals surface area contributed by atoms with Gasteiger partial charge < -0.3 is 14.5 Å². The molecule has 5 heteroatoms. The SMILES string of the molecule is CN(C)C1CCOC2(CCN(C(=O)Cc3ccc(C#N)cc3)CC2)C1. The van der Waals surface area contributed by atoms with E-state index < -0.39 is 0 Å². The lowest BCUT2D eigenvalue weighted by Gasteiger charge is -2.47. The summed E-state index contributed by atoms with van der Waals surface area (Å²) in [6.07, 6.45) is 4.42. The number of piperidine rings is 1. The molecule has 0 radical (unpaired) electrons. The maximum absolute atomic E-state index is 12.6. The molecule has 2 fully saturated rings. The quantitative estimate of drug-likeness (QED) is 0.846. The molecular formula is C20H27N3O2. The molecule has 2 aliphatic rings. The highest BCUT2D eigenvalue weighted by Gasteiger charge is 2.41. The minimum Gasteiger partial charge on any atom is -0.375 e. The lowest BCUT2D eigenvalue weighted by molar-refractivity contribution is -0.147. The Morgan fingerprint density at radius 3 is 2.60 bits per heavy atom. The predicted molar refractivity (Wildman–Crippen MR) is 96.1 cm³/mol. The summed E-state index contributed by atoms with van der Waals surface area (Å²) in [5, 5.41) is 8.85. The van der Waals surface area contributed by atoms with E-state index >= 15 is 0 Å². The molecule has 134 valence electrons. The number of nitrogens with zero attached hydrogens (tertiary/aromatic N) is 3. The maximum atomic E-state index is 12.6. The van der Waals surface area contributed by atoms with Crippen LogP contribution in [-0.2, 0) is 16.0 Å². The lowest BCUT2D eigenvalue weighted by Crippen LogP contribution is -2.53. The number of carbonyl (C=O) groups excluding carboxylic acids is 1. The minimum absolute atomic E-state index is 0.0432. The van der Waals surface area contributed by atoms with Crippen molar-refractivity contribution >= 4 is 5.91 Å². The van der Waals surface area contributed by atoms with Crippen LogP contribution in [0.4, 0.5) is 0 Å². The Morgan fingerprint density at radius 1 is 1.32 bits per heavy atom. The van der Waals surface area contributed by atoms with Crippen LogP contribution in [0.5, 0.6) is 0 Å². The summed E-state index contributed by atoms with van der Waals surface area (Å²) < 4.78 is 6.16. The van der Waals surface area contributed by atoms with E-state index in [1.807, 2.05) is 17.0 Å². The van der Waals surface area contributed by atoms with E-state index in [2.05, 4.69) is 25.1 Å². The first-order valence-electron chi connectivity index (χ1n) is 9.08. The summed E-state index contributed by atoms with van der Waals surface area (Å²) >= 11 is 0. The van der Waals surface area contributed by atoms with Crippen LogP contribution in [0.25, 0.3) is 0 Å². The molecule has 0 aromatic heterocycles. The summed E-state index contributed by atoms with van der Waals surface area (Å²) in [4.78, 5) is 16.8. The van der Waals surface area contributed by atoms with Crippen LogP contribution in [0.1, 0.15) is 36.8 Å². The van der Waals surface area contributed by atoms with Crippen LogP contribution in [-0.4, -0.2) is 61.1 Å². The number of likely N-dealkylation sites (tertiary alicyclic amines) is 1. The fourth-order valence-electron chi connectivity index (χ4n) is 3.94. The number of carbonyl (C=O) groups is 1. The average molecular weight is 341 g/mol. The van der Waals surface area contributed by atoms with Gasteiger partial charge in [-0.15, -0.1) is 0 Å². The number of rotatable bonds is 3. The minimum atomic E-state index is -0.0432. The summed E-state index contributed by atoms with van der Waals surface area (Å²) in [6.45, 7) is 2.37. The number of hydrogen-bond donors (Lipinski definition) is 0. The van der Waals surface area contributed by atoms with E-state index in [-0.39, 0.29) is 11.5 Å². The van der Waals surface area contributed by atoms with Crippen LogP contribution in [0, 0.1) is 11.3 Å². The summed E-state index contributed by atoms with van der Waals surface area (Å²) in [6, 6.07) is 9.96. The van der Waals surface area contributed by atoms with Crippen LogP contribution in [0.3, 0.4) is 0 Å². The van der Waals surface area contributed by atoms with Gasteiger partial charge in [-0.2, -0.15) is 5.26 Å². The molecule has 1 atom stereocenters. The molecule has 0 N–H and O–H groups in total. The lowest BCUT2D eigenvalue weighted by atomic mass is 9.82. The molecule has 0 bridgehead atoms. The van der Waals surface area contributed by atoms with E-state index in [0.717, 1.165) is 50.9 Å². The Balaban J connectivity index is 1.54. The molecule has 1 spiro atoms. The van der Waals surface area contributed by atoms with E-state index in [4.69, 9.17) is 10.00 Å². The van der Waals surface area contributed by atoms with Crippen molar-refractivity contribution in [2.75, 3.05) is 33.8 Å². The number of ether oxygens (including phenoxy) is 1.